The third-order valence-corrected chi connectivity index (χ3v) is 8.57. The van der Waals surface area contributed by atoms with Gasteiger partial charge in [0.15, 0.2) is 17.2 Å². The van der Waals surface area contributed by atoms with Gasteiger partial charge >= 0.3 is 0 Å². The van der Waals surface area contributed by atoms with Crippen molar-refractivity contribution in [1.29, 1.82) is 0 Å². The summed E-state index contributed by atoms with van der Waals surface area (Å²) in [4.78, 5) is 10.1. The SMILES string of the molecule is C/C=C(/N=C(N=C([NH3+])c1ccc2c(c1)Oc1c(ccc3c1oc1ccccc13)C2(C)C)c1ccccc1C)c1ccccc1. The maximum atomic E-state index is 6.68. The minimum Gasteiger partial charge on any atom is -0.453 e. The van der Waals surface area contributed by atoms with Crippen LogP contribution in [0.25, 0.3) is 27.6 Å². The molecule has 5 heteroatoms. The van der Waals surface area contributed by atoms with Gasteiger partial charge in [0.25, 0.3) is 0 Å². The van der Waals surface area contributed by atoms with E-state index in [0.29, 0.717) is 11.7 Å². The fraction of sp³-hybridized carbons (Fsp3) is 0.128. The number of furan rings is 1. The van der Waals surface area contributed by atoms with E-state index in [2.05, 4.69) is 81.1 Å². The van der Waals surface area contributed by atoms with Gasteiger partial charge < -0.3 is 14.9 Å². The van der Waals surface area contributed by atoms with E-state index in [0.717, 1.165) is 72.5 Å². The molecule has 216 valence electrons. The molecule has 1 aromatic heterocycles. The first-order valence-corrected chi connectivity index (χ1v) is 14.9. The molecule has 0 amide bonds. The number of aryl methyl sites for hydroxylation is 1. The van der Waals surface area contributed by atoms with E-state index in [1.165, 1.54) is 0 Å². The number of amidine groups is 2. The molecule has 2 heterocycles. The van der Waals surface area contributed by atoms with E-state index < -0.39 is 0 Å². The van der Waals surface area contributed by atoms with Gasteiger partial charge in [-0.2, -0.15) is 4.99 Å². The number of para-hydroxylation sites is 1. The third kappa shape index (κ3) is 4.62. The van der Waals surface area contributed by atoms with E-state index in [1.54, 1.807) is 0 Å². The van der Waals surface area contributed by atoms with Crippen molar-refractivity contribution in [2.24, 2.45) is 9.98 Å². The number of allylic oxidation sites excluding steroid dienone is 1. The van der Waals surface area contributed by atoms with E-state index in [-0.39, 0.29) is 5.41 Å². The molecule has 5 nitrogen and oxygen atoms in total. The molecule has 1 aliphatic rings. The largest absolute Gasteiger partial charge is 0.453 e. The van der Waals surface area contributed by atoms with Crippen LogP contribution in [0.4, 0.5) is 0 Å². The first kappa shape index (κ1) is 27.6. The van der Waals surface area contributed by atoms with Crippen LogP contribution < -0.4 is 10.5 Å². The Morgan fingerprint density at radius 2 is 1.48 bits per heavy atom. The summed E-state index contributed by atoms with van der Waals surface area (Å²) < 4.78 is 13.0. The summed E-state index contributed by atoms with van der Waals surface area (Å²) in [5.74, 6) is 2.75. The second-order valence-corrected chi connectivity index (χ2v) is 11.7. The summed E-state index contributed by atoms with van der Waals surface area (Å²) in [7, 11) is 0. The second-order valence-electron chi connectivity index (χ2n) is 11.7. The lowest BCUT2D eigenvalue weighted by Crippen LogP contribution is -2.57. The highest BCUT2D eigenvalue weighted by molar-refractivity contribution is 6.11. The van der Waals surface area contributed by atoms with Gasteiger partial charge in [0.2, 0.25) is 5.84 Å². The van der Waals surface area contributed by atoms with E-state index in [9.17, 15) is 0 Å². The quantitative estimate of drug-likeness (QED) is 0.168. The summed E-state index contributed by atoms with van der Waals surface area (Å²) in [6.07, 6.45) is 2.01. The fourth-order valence-corrected chi connectivity index (χ4v) is 6.10. The molecular weight excluding hydrogens is 542 g/mol. The van der Waals surface area contributed by atoms with Gasteiger partial charge in [0.1, 0.15) is 11.3 Å². The lowest BCUT2D eigenvalue weighted by Gasteiger charge is -2.34. The number of fused-ring (bicyclic) bond motifs is 6. The lowest BCUT2D eigenvalue weighted by molar-refractivity contribution is -0.212. The van der Waals surface area contributed by atoms with Gasteiger partial charge in [0, 0.05) is 32.9 Å². The molecule has 7 rings (SSSR count). The topological polar surface area (TPSA) is 74.7 Å². The third-order valence-electron chi connectivity index (χ3n) is 8.57. The van der Waals surface area contributed by atoms with Gasteiger partial charge in [-0.3, -0.25) is 0 Å². The van der Waals surface area contributed by atoms with E-state index in [1.807, 2.05) is 67.6 Å². The minimum atomic E-state index is -0.294. The van der Waals surface area contributed by atoms with Crippen LogP contribution in [0.3, 0.4) is 0 Å². The highest BCUT2D eigenvalue weighted by Gasteiger charge is 2.36. The smallest absolute Gasteiger partial charge is 0.232 e. The molecule has 0 aliphatic carbocycles. The van der Waals surface area contributed by atoms with Crippen molar-refractivity contribution in [3.05, 3.63) is 149 Å². The summed E-state index contributed by atoms with van der Waals surface area (Å²) in [6, 6.07) is 37.0. The predicted molar refractivity (Wildman–Crippen MR) is 180 cm³/mol. The van der Waals surface area contributed by atoms with E-state index >= 15 is 0 Å². The molecule has 5 aromatic carbocycles. The molecule has 0 saturated heterocycles. The van der Waals surface area contributed by atoms with Crippen molar-refractivity contribution in [3.63, 3.8) is 0 Å². The summed E-state index contributed by atoms with van der Waals surface area (Å²) >= 11 is 0. The van der Waals surface area contributed by atoms with Crippen molar-refractivity contribution >= 4 is 39.3 Å². The molecule has 0 radical (unpaired) electrons. The number of hydrogen-bond acceptors (Lipinski definition) is 3. The number of hydrogen-bond donors (Lipinski definition) is 1. The zero-order valence-corrected chi connectivity index (χ0v) is 25.4. The Morgan fingerprint density at radius 3 is 2.27 bits per heavy atom. The maximum Gasteiger partial charge on any atom is 0.232 e. The highest BCUT2D eigenvalue weighted by Crippen LogP contribution is 2.51. The van der Waals surface area contributed by atoms with Gasteiger partial charge in [-0.25, -0.2) is 4.99 Å². The van der Waals surface area contributed by atoms with Crippen molar-refractivity contribution in [1.82, 2.24) is 0 Å². The molecule has 0 saturated carbocycles. The van der Waals surface area contributed by atoms with Crippen LogP contribution in [-0.4, -0.2) is 11.7 Å². The Hall–Kier alpha value is -5.26. The molecule has 0 unspecified atom stereocenters. The van der Waals surface area contributed by atoms with Crippen LogP contribution in [0.15, 0.2) is 130 Å². The Kier molecular flexibility index (Phi) is 6.75. The van der Waals surface area contributed by atoms with Gasteiger partial charge in [-0.1, -0.05) is 105 Å². The average Bonchev–Trinajstić information content (AvgIpc) is 3.43. The Balaban J connectivity index is 1.33. The molecular formula is C39H34N3O2+. The van der Waals surface area contributed by atoms with Gasteiger partial charge in [-0.05, 0) is 49.2 Å². The van der Waals surface area contributed by atoms with Gasteiger partial charge in [0.05, 0.1) is 11.3 Å². The number of ether oxygens (including phenoxy) is 1. The van der Waals surface area contributed by atoms with Gasteiger partial charge in [-0.15, -0.1) is 0 Å². The first-order valence-electron chi connectivity index (χ1n) is 14.9. The molecule has 0 fully saturated rings. The molecule has 3 N–H and O–H groups in total. The van der Waals surface area contributed by atoms with Crippen molar-refractivity contribution in [2.45, 2.75) is 33.1 Å². The number of quaternary nitrogens is 1. The fourth-order valence-electron chi connectivity index (χ4n) is 6.10. The minimum absolute atomic E-state index is 0.294. The summed E-state index contributed by atoms with van der Waals surface area (Å²) in [5, 5.41) is 2.13. The molecule has 0 atom stereocenters. The number of rotatable bonds is 4. The molecule has 0 bridgehead atoms. The van der Waals surface area contributed by atoms with E-state index in [4.69, 9.17) is 19.1 Å². The monoisotopic (exact) mass is 576 g/mol. The summed E-state index contributed by atoms with van der Waals surface area (Å²) in [5.41, 5.74) is 12.7. The lowest BCUT2D eigenvalue weighted by atomic mass is 9.75. The Morgan fingerprint density at radius 1 is 0.750 bits per heavy atom. The zero-order chi connectivity index (χ0) is 30.4. The number of benzene rings is 5. The van der Waals surface area contributed by atoms with Crippen LogP contribution >= 0.6 is 0 Å². The standard InChI is InChI=1S/C39H33N3O2/c1-5-32(25-14-7-6-8-15-25)41-38(27-16-10-9-13-24(27)2)42-37(40)26-19-21-30-34(23-26)44-36-31(39(30,3)4)22-20-29-28-17-11-12-18-33(28)43-35(29)36/h5-23H,1-4H3,(H2,40,41,42)/p+1/b32-5+. The molecule has 1 aliphatic heterocycles. The zero-order valence-electron chi connectivity index (χ0n) is 25.4. The Bertz CT molecular complexity index is 2150. The number of nitrogens with zero attached hydrogens (tertiary/aromatic N) is 2. The van der Waals surface area contributed by atoms with Crippen LogP contribution in [-0.2, 0) is 5.41 Å². The molecule has 44 heavy (non-hydrogen) atoms. The molecule has 0 spiro atoms. The normalized spacial score (nSPS) is 14.8. The van der Waals surface area contributed by atoms with Crippen LogP contribution in [0.1, 0.15) is 54.2 Å². The van der Waals surface area contributed by atoms with Crippen LogP contribution in [0.5, 0.6) is 11.5 Å². The van der Waals surface area contributed by atoms with Crippen LogP contribution in [0, 0.1) is 6.92 Å². The van der Waals surface area contributed by atoms with Crippen molar-refractivity contribution in [3.8, 4) is 11.5 Å². The first-order chi connectivity index (χ1) is 21.3. The average molecular weight is 577 g/mol. The predicted octanol–water partition coefficient (Wildman–Crippen LogP) is 8.82. The second kappa shape index (κ2) is 10.8. The highest BCUT2D eigenvalue weighted by atomic mass is 16.5. The maximum absolute atomic E-state index is 6.68. The number of aliphatic imine (C=N–C) groups is 2. The molecule has 6 aromatic rings. The van der Waals surface area contributed by atoms with Crippen molar-refractivity contribution in [2.75, 3.05) is 0 Å². The van der Waals surface area contributed by atoms with Crippen LogP contribution in [0.2, 0.25) is 0 Å². The van der Waals surface area contributed by atoms with Crippen molar-refractivity contribution < 1.29 is 14.9 Å². The Labute approximate surface area is 257 Å². The summed E-state index contributed by atoms with van der Waals surface area (Å²) in [6.45, 7) is 8.53.